The molecule has 0 radical (unpaired) electrons. The molecule has 6 nitrogen and oxygen atoms in total. The Labute approximate surface area is 458 Å². The molecule has 4 unspecified atom stereocenters. The van der Waals surface area contributed by atoms with Crippen molar-refractivity contribution < 1.29 is 25.2 Å². The van der Waals surface area contributed by atoms with Crippen LogP contribution in [-0.2, 0) is 4.79 Å². The number of hydrogen-bond donors (Lipinski definition) is 5. The number of aliphatic hydroxyl groups is 4. The summed E-state index contributed by atoms with van der Waals surface area (Å²) in [7, 11) is 0. The predicted molar refractivity (Wildman–Crippen MR) is 321 cm³/mol. The molecule has 0 aliphatic rings. The number of carbonyl (C=O) groups is 1. The van der Waals surface area contributed by atoms with Gasteiger partial charge in [0.1, 0.15) is 12.2 Å². The number of hydrogen-bond acceptors (Lipinski definition) is 5. The van der Waals surface area contributed by atoms with Crippen molar-refractivity contribution in [2.45, 2.75) is 417 Å². The first-order valence-corrected chi connectivity index (χ1v) is 33.9. The highest BCUT2D eigenvalue weighted by Gasteiger charge is 2.28. The van der Waals surface area contributed by atoms with E-state index in [9.17, 15) is 25.2 Å². The third-order valence-corrected chi connectivity index (χ3v) is 16.6. The average molecular weight is 1030 g/mol. The summed E-state index contributed by atoms with van der Waals surface area (Å²) in [5.74, 6) is -0.573. The van der Waals surface area contributed by atoms with E-state index in [2.05, 4.69) is 19.2 Å². The van der Waals surface area contributed by atoms with Gasteiger partial charge in [-0.1, -0.05) is 380 Å². The van der Waals surface area contributed by atoms with E-state index in [4.69, 9.17) is 0 Å². The van der Waals surface area contributed by atoms with Crippen molar-refractivity contribution in [1.82, 2.24) is 5.32 Å². The molecule has 0 fully saturated rings. The molecule has 0 aliphatic carbocycles. The van der Waals surface area contributed by atoms with Crippen molar-refractivity contribution >= 4 is 5.91 Å². The van der Waals surface area contributed by atoms with Gasteiger partial charge >= 0.3 is 0 Å². The molecule has 0 saturated heterocycles. The Morgan fingerprint density at radius 3 is 0.658 bits per heavy atom. The average Bonchev–Trinajstić information content (AvgIpc) is 3.40. The van der Waals surface area contributed by atoms with Gasteiger partial charge in [0.2, 0.25) is 5.91 Å². The molecule has 0 saturated carbocycles. The van der Waals surface area contributed by atoms with Crippen LogP contribution < -0.4 is 5.32 Å². The van der Waals surface area contributed by atoms with E-state index in [1.165, 1.54) is 327 Å². The van der Waals surface area contributed by atoms with Crippen LogP contribution >= 0.6 is 0 Å². The summed E-state index contributed by atoms with van der Waals surface area (Å²) in [4.78, 5) is 12.7. The minimum absolute atomic E-state index is 0.377. The smallest absolute Gasteiger partial charge is 0.249 e. The lowest BCUT2D eigenvalue weighted by molar-refractivity contribution is -0.132. The van der Waals surface area contributed by atoms with E-state index in [0.29, 0.717) is 12.8 Å². The van der Waals surface area contributed by atoms with Crippen molar-refractivity contribution in [3.05, 3.63) is 0 Å². The minimum Gasteiger partial charge on any atom is -0.394 e. The number of amides is 1. The van der Waals surface area contributed by atoms with Crippen LogP contribution in [0.15, 0.2) is 0 Å². The zero-order valence-electron chi connectivity index (χ0n) is 49.9. The molecule has 1 amide bonds. The van der Waals surface area contributed by atoms with Gasteiger partial charge in [0.25, 0.3) is 0 Å². The van der Waals surface area contributed by atoms with E-state index < -0.39 is 36.9 Å². The molecule has 0 spiro atoms. The highest BCUT2D eigenvalue weighted by atomic mass is 16.3. The first-order valence-electron chi connectivity index (χ1n) is 33.9. The molecule has 0 aromatic rings. The highest BCUT2D eigenvalue weighted by molar-refractivity contribution is 5.80. The van der Waals surface area contributed by atoms with E-state index in [1.54, 1.807) is 0 Å². The van der Waals surface area contributed by atoms with Crippen LogP contribution in [0.2, 0.25) is 0 Å². The maximum atomic E-state index is 12.7. The van der Waals surface area contributed by atoms with E-state index in [1.807, 2.05) is 0 Å². The van der Waals surface area contributed by atoms with Gasteiger partial charge in [-0.15, -0.1) is 0 Å². The Kier molecular flexibility index (Phi) is 61.6. The Balaban J connectivity index is 3.51. The number of unbranched alkanes of at least 4 members (excludes halogenated alkanes) is 55. The molecule has 438 valence electrons. The van der Waals surface area contributed by atoms with Crippen LogP contribution in [0.3, 0.4) is 0 Å². The van der Waals surface area contributed by atoms with Crippen LogP contribution in [0.5, 0.6) is 0 Å². The summed E-state index contributed by atoms with van der Waals surface area (Å²) in [5, 5.41) is 44.2. The quantitative estimate of drug-likeness (QED) is 0.0390. The van der Waals surface area contributed by atoms with Crippen LogP contribution in [0, 0.1) is 0 Å². The van der Waals surface area contributed by atoms with Crippen molar-refractivity contribution in [2.75, 3.05) is 6.61 Å². The van der Waals surface area contributed by atoms with Crippen LogP contribution in [-0.4, -0.2) is 57.3 Å². The number of rotatable bonds is 64. The Hall–Kier alpha value is -0.690. The molecule has 0 aromatic carbocycles. The second-order valence-corrected chi connectivity index (χ2v) is 23.9. The van der Waals surface area contributed by atoms with Gasteiger partial charge < -0.3 is 25.7 Å². The lowest BCUT2D eigenvalue weighted by Crippen LogP contribution is -2.53. The zero-order chi connectivity index (χ0) is 53.0. The fraction of sp³-hybridized carbons (Fsp3) is 0.985. The first kappa shape index (κ1) is 72.3. The Morgan fingerprint density at radius 2 is 0.466 bits per heavy atom. The monoisotopic (exact) mass is 1030 g/mol. The molecule has 4 atom stereocenters. The highest BCUT2D eigenvalue weighted by Crippen LogP contribution is 2.20. The minimum atomic E-state index is -1.26. The number of carbonyl (C=O) groups excluding carboxylic acids is 1. The van der Waals surface area contributed by atoms with Crippen LogP contribution in [0.4, 0.5) is 0 Å². The molecule has 5 N–H and O–H groups in total. The van der Waals surface area contributed by atoms with Gasteiger partial charge in [-0.25, -0.2) is 0 Å². The van der Waals surface area contributed by atoms with Gasteiger partial charge in [-0.3, -0.25) is 4.79 Å². The second-order valence-electron chi connectivity index (χ2n) is 23.9. The summed E-state index contributed by atoms with van der Waals surface area (Å²) in [6.45, 7) is 4.12. The van der Waals surface area contributed by atoms with Gasteiger partial charge in [0.05, 0.1) is 18.8 Å². The Morgan fingerprint density at radius 1 is 0.288 bits per heavy atom. The first-order chi connectivity index (χ1) is 36.0. The third-order valence-electron chi connectivity index (χ3n) is 16.6. The second kappa shape index (κ2) is 62.2. The molecule has 6 heteroatoms. The summed E-state index contributed by atoms with van der Waals surface area (Å²) in [6.07, 6.45) is 75.1. The number of aliphatic hydroxyl groups excluding tert-OH is 4. The molecule has 0 aliphatic heterocycles. The predicted octanol–water partition coefficient (Wildman–Crippen LogP) is 20.6. The standard InChI is InChI=1S/C67H135NO5/c1-3-5-7-9-11-13-15-17-19-21-23-25-27-29-31-32-33-34-35-37-38-40-42-44-46-48-50-52-54-56-58-60-64(70)66(72)63(62-69)68-67(73)65(71)61-59-57-55-53-51-49-47-45-43-41-39-36-30-28-26-24-22-20-18-16-14-12-10-8-6-4-2/h63-66,69-72H,3-62H2,1-2H3,(H,68,73). The van der Waals surface area contributed by atoms with Gasteiger partial charge in [0.15, 0.2) is 0 Å². The molecular weight excluding hydrogens is 899 g/mol. The molecule has 73 heavy (non-hydrogen) atoms. The van der Waals surface area contributed by atoms with Crippen molar-refractivity contribution in [3.8, 4) is 0 Å². The van der Waals surface area contributed by atoms with E-state index >= 15 is 0 Å². The molecule has 0 heterocycles. The maximum absolute atomic E-state index is 12.7. The lowest BCUT2D eigenvalue weighted by Gasteiger charge is -2.27. The number of nitrogens with one attached hydrogen (secondary N) is 1. The summed E-state index contributed by atoms with van der Waals surface area (Å²) in [6, 6.07) is -0.982. The third kappa shape index (κ3) is 55.9. The van der Waals surface area contributed by atoms with E-state index in [-0.39, 0.29) is 0 Å². The molecule has 0 aromatic heterocycles. The van der Waals surface area contributed by atoms with Crippen LogP contribution in [0.1, 0.15) is 393 Å². The fourth-order valence-corrected chi connectivity index (χ4v) is 11.3. The van der Waals surface area contributed by atoms with Crippen molar-refractivity contribution in [2.24, 2.45) is 0 Å². The largest absolute Gasteiger partial charge is 0.394 e. The van der Waals surface area contributed by atoms with Gasteiger partial charge in [-0.05, 0) is 12.8 Å². The molecule has 0 rings (SSSR count). The zero-order valence-corrected chi connectivity index (χ0v) is 49.9. The lowest BCUT2D eigenvalue weighted by atomic mass is 9.99. The van der Waals surface area contributed by atoms with E-state index in [0.717, 1.165) is 38.5 Å². The summed E-state index contributed by atoms with van der Waals surface area (Å²) in [5.41, 5.74) is 0. The molecular formula is C67H135NO5. The SMILES string of the molecule is CCCCCCCCCCCCCCCCCCCCCCCCCCCCCCCCCC(O)C(O)C(CO)NC(=O)C(O)CCCCCCCCCCCCCCCCCCCCCCCCCCCC. The van der Waals surface area contributed by atoms with Crippen LogP contribution in [0.25, 0.3) is 0 Å². The Bertz CT molecular complexity index is 1030. The summed E-state index contributed by atoms with van der Waals surface area (Å²) >= 11 is 0. The van der Waals surface area contributed by atoms with Crippen molar-refractivity contribution in [3.63, 3.8) is 0 Å². The van der Waals surface area contributed by atoms with Gasteiger partial charge in [0, 0.05) is 0 Å². The normalized spacial score (nSPS) is 13.5. The van der Waals surface area contributed by atoms with Crippen molar-refractivity contribution in [1.29, 1.82) is 0 Å². The topological polar surface area (TPSA) is 110 Å². The summed E-state index contributed by atoms with van der Waals surface area (Å²) < 4.78 is 0. The fourth-order valence-electron chi connectivity index (χ4n) is 11.3. The van der Waals surface area contributed by atoms with Gasteiger partial charge in [-0.2, -0.15) is 0 Å². The maximum Gasteiger partial charge on any atom is 0.249 e. The molecule has 0 bridgehead atoms.